The molecular weight excluding hydrogens is 288 g/mol. The van der Waals surface area contributed by atoms with E-state index < -0.39 is 61.7 Å². The van der Waals surface area contributed by atoms with Crippen molar-refractivity contribution in [3.8, 4) is 0 Å². The maximum absolute atomic E-state index is 11.1. The number of aliphatic hydroxyl groups is 4. The Hall–Kier alpha value is -1.30. The molecule has 1 fully saturated rings. The summed E-state index contributed by atoms with van der Waals surface area (Å²) >= 11 is 0. The van der Waals surface area contributed by atoms with E-state index in [-0.39, 0.29) is 0 Å². The molecule has 0 aliphatic carbocycles. The molecule has 1 heterocycles. The van der Waals surface area contributed by atoms with E-state index in [2.05, 4.69) is 10.6 Å². The van der Waals surface area contributed by atoms with E-state index >= 15 is 0 Å². The lowest BCUT2D eigenvalue weighted by Gasteiger charge is -2.43. The molecule has 6 atom stereocenters. The molecule has 0 radical (unpaired) electrons. The summed E-state index contributed by atoms with van der Waals surface area (Å²) in [5.41, 5.74) is 0. The second-order valence-corrected chi connectivity index (χ2v) is 4.73. The lowest BCUT2D eigenvalue weighted by atomic mass is 9.95. The van der Waals surface area contributed by atoms with Crippen LogP contribution in [0.3, 0.4) is 0 Å². The van der Waals surface area contributed by atoms with E-state index in [0.717, 1.165) is 0 Å². The second kappa shape index (κ2) is 7.64. The van der Waals surface area contributed by atoms with Gasteiger partial charge < -0.3 is 35.6 Å². The molecule has 1 amide bonds. The SMILES string of the molecule is CC(=O)N[C@@H]1C(N[C@@H](CO)C(=O)O)O[C@@H](CO)[C@@H](O)[C@H]1O. The van der Waals surface area contributed by atoms with Gasteiger partial charge in [-0.2, -0.15) is 0 Å². The van der Waals surface area contributed by atoms with Crippen LogP contribution in [0.25, 0.3) is 0 Å². The van der Waals surface area contributed by atoms with Crippen molar-refractivity contribution in [2.45, 2.75) is 43.5 Å². The van der Waals surface area contributed by atoms with E-state index in [0.29, 0.717) is 0 Å². The molecule has 0 aromatic carbocycles. The normalized spacial score (nSPS) is 34.2. The average Bonchev–Trinajstić information content (AvgIpc) is 2.42. The quantitative estimate of drug-likeness (QED) is 0.258. The van der Waals surface area contributed by atoms with Gasteiger partial charge >= 0.3 is 5.97 Å². The van der Waals surface area contributed by atoms with Crippen molar-refractivity contribution in [1.29, 1.82) is 0 Å². The first-order valence-corrected chi connectivity index (χ1v) is 6.31. The number of aliphatic hydroxyl groups excluding tert-OH is 4. The third-order valence-electron chi connectivity index (χ3n) is 3.14. The Labute approximate surface area is 120 Å². The molecule has 10 heteroatoms. The Morgan fingerprint density at radius 2 is 1.86 bits per heavy atom. The van der Waals surface area contributed by atoms with Gasteiger partial charge in [0.25, 0.3) is 0 Å². The highest BCUT2D eigenvalue weighted by atomic mass is 16.5. The van der Waals surface area contributed by atoms with Crippen LogP contribution in [0, 0.1) is 0 Å². The summed E-state index contributed by atoms with van der Waals surface area (Å²) in [5, 5.41) is 51.4. The van der Waals surface area contributed by atoms with E-state index in [9.17, 15) is 19.8 Å². The van der Waals surface area contributed by atoms with Gasteiger partial charge in [0, 0.05) is 6.92 Å². The van der Waals surface area contributed by atoms with Crippen molar-refractivity contribution in [2.24, 2.45) is 0 Å². The molecule has 1 rings (SSSR count). The summed E-state index contributed by atoms with van der Waals surface area (Å²) in [6, 6.07) is -2.54. The molecule has 1 unspecified atom stereocenters. The van der Waals surface area contributed by atoms with Gasteiger partial charge in [-0.25, -0.2) is 0 Å². The minimum absolute atomic E-state index is 0.528. The Bertz CT molecular complexity index is 379. The van der Waals surface area contributed by atoms with Crippen molar-refractivity contribution in [3.63, 3.8) is 0 Å². The highest BCUT2D eigenvalue weighted by Gasteiger charge is 2.45. The predicted molar refractivity (Wildman–Crippen MR) is 67.0 cm³/mol. The maximum atomic E-state index is 11.1. The third kappa shape index (κ3) is 4.33. The minimum atomic E-state index is -1.48. The maximum Gasteiger partial charge on any atom is 0.323 e. The van der Waals surface area contributed by atoms with Crippen LogP contribution in [0.5, 0.6) is 0 Å². The number of hydrogen-bond acceptors (Lipinski definition) is 8. The van der Waals surface area contributed by atoms with Gasteiger partial charge in [0.2, 0.25) is 5.91 Å². The number of hydrogen-bond donors (Lipinski definition) is 7. The molecule has 1 aliphatic heterocycles. The van der Waals surface area contributed by atoms with Crippen LogP contribution in [-0.4, -0.2) is 87.2 Å². The predicted octanol–water partition coefficient (Wildman–Crippen LogP) is -4.03. The number of carboxylic acids is 1. The van der Waals surface area contributed by atoms with E-state index in [1.54, 1.807) is 0 Å². The van der Waals surface area contributed by atoms with Crippen LogP contribution in [-0.2, 0) is 14.3 Å². The van der Waals surface area contributed by atoms with Crippen LogP contribution < -0.4 is 10.6 Å². The Morgan fingerprint density at radius 3 is 2.29 bits per heavy atom. The van der Waals surface area contributed by atoms with Crippen molar-refractivity contribution >= 4 is 11.9 Å². The molecule has 122 valence electrons. The largest absolute Gasteiger partial charge is 0.480 e. The van der Waals surface area contributed by atoms with Crippen molar-refractivity contribution in [1.82, 2.24) is 10.6 Å². The molecular formula is C11H20N2O8. The fourth-order valence-electron chi connectivity index (χ4n) is 2.06. The standard InChI is InChI=1S/C11H20N2O8/c1-4(16)12-7-9(18)8(17)6(3-15)21-10(7)13-5(2-14)11(19)20/h5-10,13-15,17-18H,2-3H2,1H3,(H,12,16)(H,19,20)/t5-,6-,7-,8+,9-,10?/m0/s1. The number of rotatable bonds is 6. The second-order valence-electron chi connectivity index (χ2n) is 4.73. The van der Waals surface area contributed by atoms with Gasteiger partial charge in [0.1, 0.15) is 30.6 Å². The molecule has 10 nitrogen and oxygen atoms in total. The summed E-state index contributed by atoms with van der Waals surface area (Å²) < 4.78 is 5.25. The van der Waals surface area contributed by atoms with Crippen molar-refractivity contribution in [2.75, 3.05) is 13.2 Å². The highest BCUT2D eigenvalue weighted by Crippen LogP contribution is 2.20. The van der Waals surface area contributed by atoms with Gasteiger partial charge in [0.05, 0.1) is 19.3 Å². The number of amides is 1. The number of ether oxygens (including phenoxy) is 1. The summed E-state index contributed by atoms with van der Waals surface area (Å²) in [5.74, 6) is -1.89. The molecule has 0 bridgehead atoms. The topological polar surface area (TPSA) is 169 Å². The lowest BCUT2D eigenvalue weighted by molar-refractivity contribution is -0.205. The summed E-state index contributed by atoms with van der Waals surface area (Å²) in [6.45, 7) is -0.181. The number of carboxylic acid groups (broad SMARTS) is 1. The lowest BCUT2D eigenvalue weighted by Crippen LogP contribution is -2.69. The fraction of sp³-hybridized carbons (Fsp3) is 0.818. The van der Waals surface area contributed by atoms with Gasteiger partial charge in [-0.05, 0) is 0 Å². The molecule has 1 saturated heterocycles. The van der Waals surface area contributed by atoms with E-state index in [4.69, 9.17) is 20.1 Å². The smallest absolute Gasteiger partial charge is 0.323 e. The number of nitrogens with one attached hydrogen (secondary N) is 2. The molecule has 0 spiro atoms. The average molecular weight is 308 g/mol. The zero-order valence-corrected chi connectivity index (χ0v) is 11.3. The summed E-state index contributed by atoms with van der Waals surface area (Å²) in [7, 11) is 0. The van der Waals surface area contributed by atoms with E-state index in [1.165, 1.54) is 6.92 Å². The van der Waals surface area contributed by atoms with Crippen LogP contribution in [0.4, 0.5) is 0 Å². The monoisotopic (exact) mass is 308 g/mol. The Balaban J connectivity index is 2.92. The number of aliphatic carboxylic acids is 1. The molecule has 0 saturated carbocycles. The first kappa shape index (κ1) is 17.8. The molecule has 0 aromatic heterocycles. The fourth-order valence-corrected chi connectivity index (χ4v) is 2.06. The zero-order chi connectivity index (χ0) is 16.2. The summed E-state index contributed by atoms with van der Waals surface area (Å²) in [6.07, 6.45) is -5.30. The first-order chi connectivity index (χ1) is 9.81. The van der Waals surface area contributed by atoms with Crippen LogP contribution in [0.15, 0.2) is 0 Å². The van der Waals surface area contributed by atoms with Gasteiger partial charge in [-0.1, -0.05) is 0 Å². The van der Waals surface area contributed by atoms with Gasteiger partial charge in [-0.3, -0.25) is 14.9 Å². The van der Waals surface area contributed by atoms with E-state index in [1.807, 2.05) is 0 Å². The van der Waals surface area contributed by atoms with Crippen LogP contribution in [0.1, 0.15) is 6.92 Å². The van der Waals surface area contributed by atoms with Crippen LogP contribution in [0.2, 0.25) is 0 Å². The minimum Gasteiger partial charge on any atom is -0.480 e. The third-order valence-corrected chi connectivity index (χ3v) is 3.14. The van der Waals surface area contributed by atoms with Gasteiger partial charge in [0.15, 0.2) is 0 Å². The molecule has 7 N–H and O–H groups in total. The first-order valence-electron chi connectivity index (χ1n) is 6.31. The molecule has 21 heavy (non-hydrogen) atoms. The number of carbonyl (C=O) groups is 2. The number of carbonyl (C=O) groups excluding carboxylic acids is 1. The van der Waals surface area contributed by atoms with Crippen molar-refractivity contribution < 1.29 is 39.9 Å². The molecule has 0 aromatic rings. The van der Waals surface area contributed by atoms with Gasteiger partial charge in [-0.15, -0.1) is 0 Å². The zero-order valence-electron chi connectivity index (χ0n) is 11.3. The Morgan fingerprint density at radius 1 is 1.24 bits per heavy atom. The van der Waals surface area contributed by atoms with Crippen LogP contribution >= 0.6 is 0 Å². The summed E-state index contributed by atoms with van der Waals surface area (Å²) in [4.78, 5) is 22.1. The highest BCUT2D eigenvalue weighted by molar-refractivity contribution is 5.74. The van der Waals surface area contributed by atoms with Crippen molar-refractivity contribution in [3.05, 3.63) is 0 Å². The Kier molecular flexibility index (Phi) is 6.45. The molecule has 1 aliphatic rings.